The number of nitrogens with one attached hydrogen (secondary N) is 2. The molecule has 6 nitrogen and oxygen atoms in total. The van der Waals surface area contributed by atoms with Crippen LogP contribution in [0.5, 0.6) is 11.6 Å². The zero-order valence-electron chi connectivity index (χ0n) is 14.2. The van der Waals surface area contributed by atoms with Gasteiger partial charge in [0.2, 0.25) is 11.8 Å². The van der Waals surface area contributed by atoms with Crippen LogP contribution in [0.4, 0.5) is 5.69 Å². The minimum atomic E-state index is -0.351. The molecule has 1 heterocycles. The smallest absolute Gasteiger partial charge is 0.242 e. The van der Waals surface area contributed by atoms with Crippen molar-refractivity contribution in [1.82, 2.24) is 10.3 Å². The molecule has 2 aromatic rings. The fourth-order valence-electron chi connectivity index (χ4n) is 2.18. The van der Waals surface area contributed by atoms with Gasteiger partial charge in [0, 0.05) is 12.6 Å². The average Bonchev–Trinajstić information content (AvgIpc) is 2.62. The van der Waals surface area contributed by atoms with Crippen molar-refractivity contribution in [3.05, 3.63) is 48.2 Å². The van der Waals surface area contributed by atoms with Gasteiger partial charge in [0.25, 0.3) is 0 Å². The number of carbonyl (C=O) groups is 1. The third-order valence-electron chi connectivity index (χ3n) is 3.59. The third-order valence-corrected chi connectivity index (χ3v) is 3.59. The number of methoxy groups -OCH3 is 2. The number of nitrogens with zero attached hydrogens (tertiary/aromatic N) is 1. The molecule has 2 N–H and O–H groups in total. The van der Waals surface area contributed by atoms with Crippen molar-refractivity contribution in [2.45, 2.75) is 19.4 Å². The molecule has 6 heteroatoms. The van der Waals surface area contributed by atoms with E-state index in [0.29, 0.717) is 12.4 Å². The standard InChI is InChI=1S/C18H23N3O3/c1-13(21-15-6-9-17(24-3)20-12-15)18(22)19-11-10-14-4-7-16(23-2)8-5-14/h4-9,12-13,21H,10-11H2,1-3H3,(H,19,22). The van der Waals surface area contributed by atoms with Gasteiger partial charge in [-0.25, -0.2) is 4.98 Å². The number of rotatable bonds is 8. The van der Waals surface area contributed by atoms with Gasteiger partial charge in [-0.05, 0) is 37.1 Å². The first-order chi connectivity index (χ1) is 11.6. The molecule has 0 radical (unpaired) electrons. The van der Waals surface area contributed by atoms with Gasteiger partial charge in [-0.3, -0.25) is 4.79 Å². The lowest BCUT2D eigenvalue weighted by molar-refractivity contribution is -0.121. The summed E-state index contributed by atoms with van der Waals surface area (Å²) in [5.41, 5.74) is 1.92. The normalized spacial score (nSPS) is 11.5. The monoisotopic (exact) mass is 329 g/mol. The number of hydrogen-bond donors (Lipinski definition) is 2. The molecule has 0 saturated heterocycles. The highest BCUT2D eigenvalue weighted by atomic mass is 16.5. The van der Waals surface area contributed by atoms with Crippen molar-refractivity contribution >= 4 is 11.6 Å². The molecular weight excluding hydrogens is 306 g/mol. The van der Waals surface area contributed by atoms with E-state index in [1.54, 1.807) is 26.5 Å². The van der Waals surface area contributed by atoms with Crippen LogP contribution in [0.25, 0.3) is 0 Å². The van der Waals surface area contributed by atoms with Crippen molar-refractivity contribution in [3.63, 3.8) is 0 Å². The van der Waals surface area contributed by atoms with Crippen molar-refractivity contribution in [1.29, 1.82) is 0 Å². The minimum absolute atomic E-state index is 0.0562. The summed E-state index contributed by atoms with van der Waals surface area (Å²) in [5, 5.41) is 6.03. The number of pyridine rings is 1. The molecule has 0 aliphatic heterocycles. The van der Waals surface area contributed by atoms with Gasteiger partial charge in [0.1, 0.15) is 11.8 Å². The van der Waals surface area contributed by atoms with Crippen LogP contribution >= 0.6 is 0 Å². The Kier molecular flexibility index (Phi) is 6.42. The summed E-state index contributed by atoms with van der Waals surface area (Å²) >= 11 is 0. The highest BCUT2D eigenvalue weighted by molar-refractivity contribution is 5.84. The van der Waals surface area contributed by atoms with Crippen LogP contribution in [0.3, 0.4) is 0 Å². The second kappa shape index (κ2) is 8.76. The number of benzene rings is 1. The number of carbonyl (C=O) groups excluding carboxylic acids is 1. The Bertz CT molecular complexity index is 642. The Morgan fingerprint density at radius 2 is 1.88 bits per heavy atom. The summed E-state index contributed by atoms with van der Waals surface area (Å²) in [6.45, 7) is 2.39. The van der Waals surface area contributed by atoms with E-state index in [1.807, 2.05) is 37.3 Å². The molecule has 1 amide bonds. The summed E-state index contributed by atoms with van der Waals surface area (Å²) in [5.74, 6) is 1.31. The van der Waals surface area contributed by atoms with E-state index in [4.69, 9.17) is 9.47 Å². The summed E-state index contributed by atoms with van der Waals surface area (Å²) in [7, 11) is 3.20. The van der Waals surface area contributed by atoms with Gasteiger partial charge in [0.15, 0.2) is 0 Å². The van der Waals surface area contributed by atoms with E-state index in [-0.39, 0.29) is 11.9 Å². The summed E-state index contributed by atoms with van der Waals surface area (Å²) in [6.07, 6.45) is 2.41. The second-order valence-electron chi connectivity index (χ2n) is 5.34. The maximum Gasteiger partial charge on any atom is 0.242 e. The van der Waals surface area contributed by atoms with Crippen molar-refractivity contribution in [2.75, 3.05) is 26.1 Å². The highest BCUT2D eigenvalue weighted by Crippen LogP contribution is 2.12. The second-order valence-corrected chi connectivity index (χ2v) is 5.34. The van der Waals surface area contributed by atoms with E-state index < -0.39 is 0 Å². The van der Waals surface area contributed by atoms with Gasteiger partial charge >= 0.3 is 0 Å². The van der Waals surface area contributed by atoms with Gasteiger partial charge in [-0.2, -0.15) is 0 Å². The SMILES string of the molecule is COc1ccc(CCNC(=O)C(C)Nc2ccc(OC)nc2)cc1. The number of ether oxygens (including phenoxy) is 2. The first-order valence-corrected chi connectivity index (χ1v) is 7.79. The van der Waals surface area contributed by atoms with Crippen LogP contribution in [-0.4, -0.2) is 37.7 Å². The van der Waals surface area contributed by atoms with E-state index in [0.717, 1.165) is 23.4 Å². The zero-order valence-corrected chi connectivity index (χ0v) is 14.2. The summed E-state index contributed by atoms with van der Waals surface area (Å²) in [6, 6.07) is 11.0. The number of amides is 1. The van der Waals surface area contributed by atoms with Gasteiger partial charge < -0.3 is 20.1 Å². The van der Waals surface area contributed by atoms with Crippen LogP contribution in [0, 0.1) is 0 Å². The van der Waals surface area contributed by atoms with E-state index in [2.05, 4.69) is 15.6 Å². The Balaban J connectivity index is 1.76. The molecule has 1 aromatic heterocycles. The number of hydrogen-bond acceptors (Lipinski definition) is 5. The van der Waals surface area contributed by atoms with Crippen LogP contribution in [0.15, 0.2) is 42.6 Å². The quantitative estimate of drug-likeness (QED) is 0.777. The van der Waals surface area contributed by atoms with Crippen molar-refractivity contribution < 1.29 is 14.3 Å². The summed E-state index contributed by atoms with van der Waals surface area (Å²) in [4.78, 5) is 16.2. The Morgan fingerprint density at radius 1 is 1.12 bits per heavy atom. The van der Waals surface area contributed by atoms with E-state index in [1.165, 1.54) is 0 Å². The molecule has 0 spiro atoms. The first kappa shape index (κ1) is 17.6. The average molecular weight is 329 g/mol. The van der Waals surface area contributed by atoms with Gasteiger partial charge in [-0.1, -0.05) is 12.1 Å². The van der Waals surface area contributed by atoms with Crippen LogP contribution < -0.4 is 20.1 Å². The maximum absolute atomic E-state index is 12.1. The lowest BCUT2D eigenvalue weighted by Crippen LogP contribution is -2.38. The Morgan fingerprint density at radius 3 is 2.46 bits per heavy atom. The van der Waals surface area contributed by atoms with Crippen LogP contribution in [-0.2, 0) is 11.2 Å². The lowest BCUT2D eigenvalue weighted by atomic mass is 10.1. The third kappa shape index (κ3) is 5.15. The fraction of sp³-hybridized carbons (Fsp3) is 0.333. The fourth-order valence-corrected chi connectivity index (χ4v) is 2.18. The highest BCUT2D eigenvalue weighted by Gasteiger charge is 2.12. The van der Waals surface area contributed by atoms with Crippen molar-refractivity contribution in [3.8, 4) is 11.6 Å². The maximum atomic E-state index is 12.1. The van der Waals surface area contributed by atoms with E-state index >= 15 is 0 Å². The molecule has 0 aliphatic carbocycles. The molecule has 1 aromatic carbocycles. The molecule has 0 saturated carbocycles. The first-order valence-electron chi connectivity index (χ1n) is 7.79. The van der Waals surface area contributed by atoms with E-state index in [9.17, 15) is 4.79 Å². The number of aromatic nitrogens is 1. The van der Waals surface area contributed by atoms with Crippen molar-refractivity contribution in [2.24, 2.45) is 0 Å². The van der Waals surface area contributed by atoms with Crippen LogP contribution in [0.2, 0.25) is 0 Å². The molecule has 0 fully saturated rings. The zero-order chi connectivity index (χ0) is 17.4. The Hall–Kier alpha value is -2.76. The molecule has 128 valence electrons. The molecule has 1 unspecified atom stereocenters. The lowest BCUT2D eigenvalue weighted by Gasteiger charge is -2.15. The topological polar surface area (TPSA) is 72.5 Å². The van der Waals surface area contributed by atoms with Gasteiger partial charge in [-0.15, -0.1) is 0 Å². The molecule has 0 bridgehead atoms. The minimum Gasteiger partial charge on any atom is -0.497 e. The molecule has 0 aliphatic rings. The predicted molar refractivity (Wildman–Crippen MR) is 93.6 cm³/mol. The van der Waals surface area contributed by atoms with Gasteiger partial charge in [0.05, 0.1) is 26.1 Å². The molecular formula is C18H23N3O3. The Labute approximate surface area is 142 Å². The number of anilines is 1. The largest absolute Gasteiger partial charge is 0.497 e. The van der Waals surface area contributed by atoms with Crippen LogP contribution in [0.1, 0.15) is 12.5 Å². The molecule has 1 atom stereocenters. The predicted octanol–water partition coefficient (Wildman–Crippen LogP) is 2.26. The molecule has 24 heavy (non-hydrogen) atoms. The summed E-state index contributed by atoms with van der Waals surface area (Å²) < 4.78 is 10.1. The molecule has 2 rings (SSSR count).